The van der Waals surface area contributed by atoms with Crippen LogP contribution >= 0.6 is 27.5 Å². The highest BCUT2D eigenvalue weighted by atomic mass is 79.9. The minimum Gasteiger partial charge on any atom is -0.465 e. The van der Waals surface area contributed by atoms with E-state index in [1.54, 1.807) is 4.90 Å². The van der Waals surface area contributed by atoms with Crippen molar-refractivity contribution in [2.24, 2.45) is 0 Å². The average Bonchev–Trinajstić information content (AvgIpc) is 2.97. The minimum absolute atomic E-state index is 0.0135. The first-order valence-corrected chi connectivity index (χ1v) is 9.03. The van der Waals surface area contributed by atoms with Crippen molar-refractivity contribution >= 4 is 50.7 Å². The maximum Gasteiger partial charge on any atom is 0.420 e. The Hall–Kier alpha value is -1.72. The van der Waals surface area contributed by atoms with Crippen LogP contribution in [-0.2, 0) is 10.9 Å². The summed E-state index contributed by atoms with van der Waals surface area (Å²) in [5.74, 6) is 0. The van der Waals surface area contributed by atoms with Crippen molar-refractivity contribution in [2.75, 3.05) is 31.2 Å². The van der Waals surface area contributed by atoms with Crippen LogP contribution in [0.25, 0.3) is 11.1 Å². The molecule has 0 saturated carbocycles. The normalized spacial score (nSPS) is 23.1. The van der Waals surface area contributed by atoms with Crippen LogP contribution in [0, 0.1) is 0 Å². The highest BCUT2D eigenvalue weighted by molar-refractivity contribution is 9.10. The molecular formula is C15H12BrClF3N3O4. The summed E-state index contributed by atoms with van der Waals surface area (Å²) in [6.07, 6.45) is -5.75. The number of carbonyl (C=O) groups is 1. The van der Waals surface area contributed by atoms with Gasteiger partial charge in [0.1, 0.15) is 11.1 Å². The molecule has 2 aliphatic heterocycles. The monoisotopic (exact) mass is 469 g/mol. The first kappa shape index (κ1) is 18.6. The number of fused-ring (bicyclic) bond motifs is 3. The number of benzene rings is 1. The second-order valence-corrected chi connectivity index (χ2v) is 7.59. The molecule has 1 amide bonds. The Kier molecular flexibility index (Phi) is 4.43. The van der Waals surface area contributed by atoms with Crippen LogP contribution in [0.5, 0.6) is 0 Å². The number of morpholine rings is 1. The van der Waals surface area contributed by atoms with Gasteiger partial charge in [0.2, 0.25) is 0 Å². The highest BCUT2D eigenvalue weighted by Gasteiger charge is 2.43. The lowest BCUT2D eigenvalue weighted by Crippen LogP contribution is -2.66. The van der Waals surface area contributed by atoms with Crippen molar-refractivity contribution in [1.82, 2.24) is 9.88 Å². The first-order chi connectivity index (χ1) is 12.7. The third kappa shape index (κ3) is 3.11. The fourth-order valence-electron chi connectivity index (χ4n) is 3.54. The number of rotatable bonds is 1. The summed E-state index contributed by atoms with van der Waals surface area (Å²) in [6.45, 7) is 0.788. The quantitative estimate of drug-likeness (QED) is 0.683. The van der Waals surface area contributed by atoms with Gasteiger partial charge >= 0.3 is 12.3 Å². The molecule has 7 nitrogen and oxygen atoms in total. The molecule has 1 aromatic heterocycles. The smallest absolute Gasteiger partial charge is 0.420 e. The number of piperazine rings is 1. The summed E-state index contributed by atoms with van der Waals surface area (Å²) in [5.41, 5.74) is -1.52. The van der Waals surface area contributed by atoms with Gasteiger partial charge in [0, 0.05) is 13.1 Å². The van der Waals surface area contributed by atoms with Gasteiger partial charge in [-0.1, -0.05) is 11.6 Å². The molecule has 27 heavy (non-hydrogen) atoms. The molecule has 3 heterocycles. The van der Waals surface area contributed by atoms with E-state index >= 15 is 0 Å². The van der Waals surface area contributed by atoms with Crippen LogP contribution in [0.2, 0.25) is 5.02 Å². The van der Waals surface area contributed by atoms with Crippen LogP contribution < -0.4 is 4.90 Å². The van der Waals surface area contributed by atoms with Crippen molar-refractivity contribution < 1.29 is 32.2 Å². The van der Waals surface area contributed by atoms with Gasteiger partial charge in [0.25, 0.3) is 6.01 Å². The lowest BCUT2D eigenvalue weighted by molar-refractivity contribution is -0.136. The number of hydrogen-bond acceptors (Lipinski definition) is 5. The molecule has 2 bridgehead atoms. The second-order valence-electron chi connectivity index (χ2n) is 6.33. The number of nitrogens with zero attached hydrogens (tertiary/aromatic N) is 3. The Morgan fingerprint density at radius 2 is 1.96 bits per heavy atom. The standard InChI is InChI=1S/C15H12BrClF3N3O4/c16-8-1-9(17)10(15(18,19)20)11-12(8)27-13(21-11)22-2-6-4-26-5-7(3-22)23(6)14(24)25/h1,6-7H,2-5H2,(H,24,25). The fourth-order valence-corrected chi connectivity index (χ4v) is 4.47. The summed E-state index contributed by atoms with van der Waals surface area (Å²) >= 11 is 8.94. The van der Waals surface area contributed by atoms with Crippen LogP contribution in [0.1, 0.15) is 5.56 Å². The molecule has 12 heteroatoms. The number of halogens is 5. The zero-order valence-corrected chi connectivity index (χ0v) is 15.8. The van der Waals surface area contributed by atoms with Crippen LogP contribution in [0.4, 0.5) is 24.0 Å². The number of alkyl halides is 3. The van der Waals surface area contributed by atoms with E-state index in [2.05, 4.69) is 20.9 Å². The molecule has 0 spiro atoms. The predicted octanol–water partition coefficient (Wildman–Crippen LogP) is 3.83. The Morgan fingerprint density at radius 1 is 1.33 bits per heavy atom. The van der Waals surface area contributed by atoms with Gasteiger partial charge in [-0.25, -0.2) is 4.79 Å². The van der Waals surface area contributed by atoms with Gasteiger partial charge in [-0.15, -0.1) is 0 Å². The Balaban J connectivity index is 1.75. The topological polar surface area (TPSA) is 79.0 Å². The SMILES string of the molecule is O=C(O)N1C2COCC1CN(c1nc3c(C(F)(F)F)c(Cl)cc(Br)c3o1)C2. The summed E-state index contributed by atoms with van der Waals surface area (Å²) in [5, 5.41) is 8.89. The number of ether oxygens (including phenoxy) is 1. The Labute approximate surface area is 163 Å². The number of oxazole rings is 1. The van der Waals surface area contributed by atoms with E-state index in [0.29, 0.717) is 0 Å². The molecule has 2 aliphatic rings. The number of hydrogen-bond donors (Lipinski definition) is 1. The van der Waals surface area contributed by atoms with Crippen LogP contribution in [0.3, 0.4) is 0 Å². The first-order valence-electron chi connectivity index (χ1n) is 7.86. The average molecular weight is 471 g/mol. The molecule has 2 unspecified atom stereocenters. The fraction of sp³-hybridized carbons (Fsp3) is 0.467. The highest BCUT2D eigenvalue weighted by Crippen LogP contribution is 2.43. The largest absolute Gasteiger partial charge is 0.465 e. The molecule has 146 valence electrons. The summed E-state index contributed by atoms with van der Waals surface area (Å²) in [7, 11) is 0. The Morgan fingerprint density at radius 3 is 2.52 bits per heavy atom. The molecule has 2 saturated heterocycles. The molecule has 1 aromatic carbocycles. The van der Waals surface area contributed by atoms with Crippen molar-refractivity contribution in [1.29, 1.82) is 0 Å². The van der Waals surface area contributed by atoms with Crippen molar-refractivity contribution in [3.8, 4) is 0 Å². The van der Waals surface area contributed by atoms with E-state index < -0.39 is 34.9 Å². The van der Waals surface area contributed by atoms with Crippen molar-refractivity contribution in [2.45, 2.75) is 18.3 Å². The summed E-state index contributed by atoms with van der Waals surface area (Å²) < 4.78 is 51.5. The van der Waals surface area contributed by atoms with Gasteiger partial charge in [-0.05, 0) is 22.0 Å². The molecular weight excluding hydrogens is 459 g/mol. The third-order valence-corrected chi connectivity index (χ3v) is 5.49. The van der Waals surface area contributed by atoms with Crippen LogP contribution in [0.15, 0.2) is 15.0 Å². The zero-order chi connectivity index (χ0) is 19.5. The maximum absolute atomic E-state index is 13.4. The van der Waals surface area contributed by atoms with Gasteiger partial charge < -0.3 is 19.2 Å². The summed E-state index contributed by atoms with van der Waals surface area (Å²) in [6, 6.07) is 0.186. The van der Waals surface area contributed by atoms with E-state index in [-0.39, 0.29) is 47.9 Å². The van der Waals surface area contributed by atoms with Crippen molar-refractivity contribution in [3.63, 3.8) is 0 Å². The number of amides is 1. The number of aromatic nitrogens is 1. The molecule has 2 atom stereocenters. The molecule has 2 aromatic rings. The molecule has 0 aliphatic carbocycles. The van der Waals surface area contributed by atoms with E-state index in [9.17, 15) is 23.1 Å². The number of carboxylic acid groups (broad SMARTS) is 1. The molecule has 4 rings (SSSR count). The number of anilines is 1. The molecule has 1 N–H and O–H groups in total. The molecule has 2 fully saturated rings. The van der Waals surface area contributed by atoms with E-state index in [1.807, 2.05) is 0 Å². The van der Waals surface area contributed by atoms with Gasteiger partial charge in [0.05, 0.1) is 34.8 Å². The second kappa shape index (κ2) is 6.42. The zero-order valence-electron chi connectivity index (χ0n) is 13.5. The third-order valence-electron chi connectivity index (χ3n) is 4.61. The molecule has 0 radical (unpaired) electrons. The van der Waals surface area contributed by atoms with E-state index in [0.717, 1.165) is 6.07 Å². The van der Waals surface area contributed by atoms with Crippen molar-refractivity contribution in [3.05, 3.63) is 21.1 Å². The lowest BCUT2D eigenvalue weighted by Gasteiger charge is -2.47. The minimum atomic E-state index is -4.70. The predicted molar refractivity (Wildman–Crippen MR) is 92.2 cm³/mol. The van der Waals surface area contributed by atoms with E-state index in [4.69, 9.17) is 20.8 Å². The van der Waals surface area contributed by atoms with E-state index in [1.165, 1.54) is 4.90 Å². The van der Waals surface area contributed by atoms with Gasteiger partial charge in [-0.3, -0.25) is 4.90 Å². The maximum atomic E-state index is 13.4. The Bertz CT molecular complexity index is 908. The summed E-state index contributed by atoms with van der Waals surface area (Å²) in [4.78, 5) is 18.4. The van der Waals surface area contributed by atoms with Gasteiger partial charge in [-0.2, -0.15) is 18.2 Å². The lowest BCUT2D eigenvalue weighted by atomic mass is 10.1. The van der Waals surface area contributed by atoms with Crippen LogP contribution in [-0.4, -0.2) is 59.5 Å². The van der Waals surface area contributed by atoms with Gasteiger partial charge in [0.15, 0.2) is 5.58 Å².